The zero-order valence-corrected chi connectivity index (χ0v) is 20.4. The molecule has 8 nitrogen and oxygen atoms in total. The van der Waals surface area contributed by atoms with E-state index in [1.807, 2.05) is 36.5 Å². The third-order valence-corrected chi connectivity index (χ3v) is 7.34. The minimum Gasteiger partial charge on any atom is -0.489 e. The number of likely N-dealkylation sites (tertiary alicyclic amines) is 1. The molecule has 3 amide bonds. The molecule has 37 heavy (non-hydrogen) atoms. The Balaban J connectivity index is 1.05. The molecule has 0 radical (unpaired) electrons. The summed E-state index contributed by atoms with van der Waals surface area (Å²) in [6.07, 6.45) is 3.51. The molecule has 0 bridgehead atoms. The maximum Gasteiger partial charge on any atom is 0.255 e. The van der Waals surface area contributed by atoms with Crippen LogP contribution in [0, 0.1) is 0 Å². The fourth-order valence-corrected chi connectivity index (χ4v) is 5.40. The normalized spacial score (nSPS) is 21.7. The lowest BCUT2D eigenvalue weighted by Crippen LogP contribution is -2.52. The van der Waals surface area contributed by atoms with Gasteiger partial charge in [-0.2, -0.15) is 0 Å². The zero-order valence-electron chi connectivity index (χ0n) is 20.4. The number of benzene rings is 2. The molecular formula is C29H28N4O4. The molecule has 8 heteroatoms. The van der Waals surface area contributed by atoms with Crippen molar-refractivity contribution in [3.63, 3.8) is 0 Å². The van der Waals surface area contributed by atoms with E-state index in [4.69, 9.17) is 4.74 Å². The van der Waals surface area contributed by atoms with Gasteiger partial charge in [-0.15, -0.1) is 0 Å². The van der Waals surface area contributed by atoms with Crippen LogP contribution >= 0.6 is 0 Å². The van der Waals surface area contributed by atoms with Crippen molar-refractivity contribution >= 4 is 17.7 Å². The van der Waals surface area contributed by atoms with Crippen LogP contribution < -0.4 is 10.1 Å². The summed E-state index contributed by atoms with van der Waals surface area (Å²) in [5.41, 5.74) is 4.75. The third-order valence-electron chi connectivity index (χ3n) is 7.34. The maximum absolute atomic E-state index is 12.9. The maximum atomic E-state index is 12.9. The highest BCUT2D eigenvalue weighted by atomic mass is 16.5. The number of carbonyl (C=O) groups excluding carboxylic acids is 3. The number of amides is 3. The highest BCUT2D eigenvalue weighted by Crippen LogP contribution is 2.31. The Morgan fingerprint density at radius 2 is 1.84 bits per heavy atom. The minimum atomic E-state index is -0.610. The van der Waals surface area contributed by atoms with Gasteiger partial charge in [0.1, 0.15) is 17.9 Å². The quantitative estimate of drug-likeness (QED) is 0.527. The molecule has 3 aliphatic rings. The summed E-state index contributed by atoms with van der Waals surface area (Å²) in [6.45, 7) is 2.85. The van der Waals surface area contributed by atoms with Crippen molar-refractivity contribution in [1.82, 2.24) is 20.1 Å². The lowest BCUT2D eigenvalue weighted by Gasteiger charge is -2.29. The topological polar surface area (TPSA) is 91.8 Å². The number of aromatic nitrogens is 1. The van der Waals surface area contributed by atoms with Gasteiger partial charge in [-0.1, -0.05) is 36.4 Å². The summed E-state index contributed by atoms with van der Waals surface area (Å²) in [6, 6.07) is 19.3. The van der Waals surface area contributed by atoms with E-state index in [0.29, 0.717) is 18.5 Å². The molecule has 3 aromatic rings. The number of imide groups is 1. The van der Waals surface area contributed by atoms with E-state index in [-0.39, 0.29) is 24.3 Å². The zero-order chi connectivity index (χ0) is 25.4. The molecular weight excluding hydrogens is 468 g/mol. The SMILES string of the molecule is O=C1CCC(N2Cc3cc(O[C@H]4CCN(Cc5ccc(-c6ccccc6)cn5)C4)ccc3C2=O)C(=O)N1. The van der Waals surface area contributed by atoms with E-state index in [1.165, 1.54) is 0 Å². The van der Waals surface area contributed by atoms with E-state index < -0.39 is 11.9 Å². The Morgan fingerprint density at radius 3 is 2.62 bits per heavy atom. The molecule has 2 atom stereocenters. The van der Waals surface area contributed by atoms with Gasteiger partial charge in [0.2, 0.25) is 11.8 Å². The summed E-state index contributed by atoms with van der Waals surface area (Å²) in [7, 11) is 0. The van der Waals surface area contributed by atoms with Gasteiger partial charge in [-0.3, -0.25) is 29.6 Å². The Labute approximate surface area is 215 Å². The molecule has 0 aliphatic carbocycles. The fraction of sp³-hybridized carbons (Fsp3) is 0.310. The number of pyridine rings is 1. The molecule has 188 valence electrons. The largest absolute Gasteiger partial charge is 0.489 e. The molecule has 1 N–H and O–H groups in total. The van der Waals surface area contributed by atoms with Crippen LogP contribution in [0.5, 0.6) is 5.75 Å². The lowest BCUT2D eigenvalue weighted by atomic mass is 10.0. The van der Waals surface area contributed by atoms with Crippen LogP contribution in [0.25, 0.3) is 11.1 Å². The predicted octanol–water partition coefficient (Wildman–Crippen LogP) is 3.16. The number of hydrogen-bond donors (Lipinski definition) is 1. The number of nitrogens with one attached hydrogen (secondary N) is 1. The van der Waals surface area contributed by atoms with Crippen molar-refractivity contribution < 1.29 is 19.1 Å². The van der Waals surface area contributed by atoms with Crippen LogP contribution in [-0.4, -0.2) is 57.7 Å². The second kappa shape index (κ2) is 9.78. The van der Waals surface area contributed by atoms with Gasteiger partial charge in [-0.25, -0.2) is 0 Å². The molecule has 3 aliphatic heterocycles. The Morgan fingerprint density at radius 1 is 0.973 bits per heavy atom. The molecule has 1 aromatic heterocycles. The lowest BCUT2D eigenvalue weighted by molar-refractivity contribution is -0.136. The summed E-state index contributed by atoms with van der Waals surface area (Å²) in [4.78, 5) is 45.2. The van der Waals surface area contributed by atoms with Crippen LogP contribution in [-0.2, 0) is 22.7 Å². The van der Waals surface area contributed by atoms with Crippen molar-refractivity contribution in [3.05, 3.63) is 83.7 Å². The van der Waals surface area contributed by atoms with Crippen LogP contribution in [0.2, 0.25) is 0 Å². The highest BCUT2D eigenvalue weighted by Gasteiger charge is 2.39. The molecule has 6 rings (SSSR count). The Kier molecular flexibility index (Phi) is 6.18. The first-order valence-corrected chi connectivity index (χ1v) is 12.7. The van der Waals surface area contributed by atoms with Gasteiger partial charge >= 0.3 is 0 Å². The Hall–Kier alpha value is -4.04. The fourth-order valence-electron chi connectivity index (χ4n) is 5.40. The first-order valence-electron chi connectivity index (χ1n) is 12.7. The molecule has 4 heterocycles. The minimum absolute atomic E-state index is 0.0602. The monoisotopic (exact) mass is 496 g/mol. The number of hydrogen-bond acceptors (Lipinski definition) is 6. The van der Waals surface area contributed by atoms with Crippen LogP contribution in [0.3, 0.4) is 0 Å². The van der Waals surface area contributed by atoms with Gasteiger partial charge in [0, 0.05) is 49.9 Å². The summed E-state index contributed by atoms with van der Waals surface area (Å²) in [5, 5.41) is 2.34. The molecule has 2 aromatic carbocycles. The highest BCUT2D eigenvalue weighted by molar-refractivity contribution is 6.05. The first kappa shape index (κ1) is 23.4. The second-order valence-corrected chi connectivity index (χ2v) is 9.89. The molecule has 1 unspecified atom stereocenters. The van der Waals surface area contributed by atoms with Gasteiger partial charge in [0.15, 0.2) is 0 Å². The van der Waals surface area contributed by atoms with Crippen molar-refractivity contribution in [2.75, 3.05) is 13.1 Å². The van der Waals surface area contributed by atoms with Gasteiger partial charge in [0.05, 0.1) is 5.69 Å². The van der Waals surface area contributed by atoms with Crippen LogP contribution in [0.15, 0.2) is 66.9 Å². The number of ether oxygens (including phenoxy) is 1. The molecule has 2 fully saturated rings. The number of rotatable bonds is 6. The predicted molar refractivity (Wildman–Crippen MR) is 136 cm³/mol. The van der Waals surface area contributed by atoms with Gasteiger partial charge < -0.3 is 9.64 Å². The molecule has 0 spiro atoms. The van der Waals surface area contributed by atoms with Crippen LogP contribution in [0.1, 0.15) is 40.9 Å². The average molecular weight is 497 g/mol. The van der Waals surface area contributed by atoms with E-state index >= 15 is 0 Å². The van der Waals surface area contributed by atoms with E-state index in [9.17, 15) is 14.4 Å². The summed E-state index contributed by atoms with van der Waals surface area (Å²) < 4.78 is 6.28. The van der Waals surface area contributed by atoms with Gasteiger partial charge in [0.25, 0.3) is 5.91 Å². The first-order chi connectivity index (χ1) is 18.0. The standard InChI is InChI=1S/C29H28N4O4/c34-27-11-10-26(28(35)31-27)33-16-21-14-23(8-9-25(21)29(33)36)37-24-12-13-32(18-24)17-22-7-6-20(15-30-22)19-4-2-1-3-5-19/h1-9,14-15,24,26H,10-13,16-18H2,(H,31,34,35)/t24-,26?/m0/s1. The number of carbonyl (C=O) groups is 3. The number of nitrogens with zero attached hydrogens (tertiary/aromatic N) is 3. The number of piperidine rings is 1. The third kappa shape index (κ3) is 4.84. The summed E-state index contributed by atoms with van der Waals surface area (Å²) in [5.74, 6) is -0.126. The van der Waals surface area contributed by atoms with Crippen LogP contribution in [0.4, 0.5) is 0 Å². The van der Waals surface area contributed by atoms with E-state index in [0.717, 1.165) is 54.2 Å². The molecule has 0 saturated carbocycles. The summed E-state index contributed by atoms with van der Waals surface area (Å²) >= 11 is 0. The Bertz CT molecular complexity index is 1340. The van der Waals surface area contributed by atoms with Crippen molar-refractivity contribution in [2.45, 2.75) is 44.5 Å². The van der Waals surface area contributed by atoms with Crippen molar-refractivity contribution in [1.29, 1.82) is 0 Å². The molecule has 2 saturated heterocycles. The second-order valence-electron chi connectivity index (χ2n) is 9.89. The van der Waals surface area contributed by atoms with Crippen molar-refractivity contribution in [2.24, 2.45) is 0 Å². The van der Waals surface area contributed by atoms with E-state index in [2.05, 4.69) is 39.5 Å². The van der Waals surface area contributed by atoms with E-state index in [1.54, 1.807) is 11.0 Å². The van der Waals surface area contributed by atoms with Gasteiger partial charge in [-0.05, 0) is 48.2 Å². The van der Waals surface area contributed by atoms with Crippen molar-refractivity contribution in [3.8, 4) is 16.9 Å². The number of fused-ring (bicyclic) bond motifs is 1. The smallest absolute Gasteiger partial charge is 0.255 e. The average Bonchev–Trinajstić information content (AvgIpc) is 3.48.